The summed E-state index contributed by atoms with van der Waals surface area (Å²) in [4.78, 5) is 23.6. The van der Waals surface area contributed by atoms with Gasteiger partial charge in [0.2, 0.25) is 0 Å². The number of aromatic nitrogens is 1. The number of aryl methyl sites for hydroxylation is 2. The molecule has 2 N–H and O–H groups in total. The van der Waals surface area contributed by atoms with Gasteiger partial charge in [-0.3, -0.25) is 4.79 Å². The zero-order valence-corrected chi connectivity index (χ0v) is 14.0. The molecule has 7 heteroatoms. The second kappa shape index (κ2) is 6.44. The van der Waals surface area contributed by atoms with E-state index in [-0.39, 0.29) is 10.8 Å². The summed E-state index contributed by atoms with van der Waals surface area (Å²) in [7, 11) is 0. The molecule has 0 aliphatic carbocycles. The molecule has 0 aromatic carbocycles. The first-order valence-corrected chi connectivity index (χ1v) is 8.04. The molecule has 5 nitrogen and oxygen atoms in total. The van der Waals surface area contributed by atoms with Crippen LogP contribution in [0.15, 0.2) is 22.8 Å². The number of hydrogen-bond acceptors (Lipinski definition) is 3. The Labute approximate surface area is 134 Å². The van der Waals surface area contributed by atoms with Crippen LogP contribution in [0.5, 0.6) is 0 Å². The Morgan fingerprint density at radius 3 is 2.71 bits per heavy atom. The van der Waals surface area contributed by atoms with Crippen LogP contribution in [-0.2, 0) is 6.54 Å². The highest BCUT2D eigenvalue weighted by atomic mass is 79.9. The molecule has 2 aromatic rings. The van der Waals surface area contributed by atoms with Crippen LogP contribution in [0.25, 0.3) is 0 Å². The Kier molecular flexibility index (Phi) is 4.84. The Balaban J connectivity index is 2.22. The largest absolute Gasteiger partial charge is 0.477 e. The third kappa shape index (κ3) is 3.54. The normalized spacial score (nSPS) is 10.6. The summed E-state index contributed by atoms with van der Waals surface area (Å²) in [5, 5.41) is 12.3. The lowest BCUT2D eigenvalue weighted by Gasteiger charge is -2.07. The van der Waals surface area contributed by atoms with Crippen molar-refractivity contribution in [1.29, 1.82) is 0 Å². The molecule has 0 radical (unpaired) electrons. The maximum Gasteiger partial charge on any atom is 0.346 e. The fourth-order valence-corrected chi connectivity index (χ4v) is 3.39. The van der Waals surface area contributed by atoms with Gasteiger partial charge in [-0.25, -0.2) is 4.79 Å². The molecule has 2 heterocycles. The van der Waals surface area contributed by atoms with Crippen molar-refractivity contribution in [3.05, 3.63) is 38.9 Å². The first-order chi connectivity index (χ1) is 9.92. The third-order valence-corrected chi connectivity index (χ3v) is 4.48. The molecule has 0 saturated heterocycles. The molecule has 1 amide bonds. The average Bonchev–Trinajstić information content (AvgIpc) is 2.93. The van der Waals surface area contributed by atoms with Crippen molar-refractivity contribution in [2.24, 2.45) is 0 Å². The zero-order valence-electron chi connectivity index (χ0n) is 11.6. The van der Waals surface area contributed by atoms with E-state index >= 15 is 0 Å². The summed E-state index contributed by atoms with van der Waals surface area (Å²) in [6.45, 7) is 4.50. The number of amides is 1. The molecule has 0 atom stereocenters. The number of nitrogens with zero attached hydrogens (tertiary/aromatic N) is 1. The average molecular weight is 371 g/mol. The Morgan fingerprint density at radius 1 is 1.43 bits per heavy atom. The fraction of sp³-hybridized carbons (Fsp3) is 0.286. The highest BCUT2D eigenvalue weighted by Gasteiger charge is 2.17. The Morgan fingerprint density at radius 2 is 2.14 bits per heavy atom. The van der Waals surface area contributed by atoms with E-state index < -0.39 is 5.97 Å². The maximum atomic E-state index is 12.3. The van der Waals surface area contributed by atoms with Gasteiger partial charge in [0.15, 0.2) is 0 Å². The van der Waals surface area contributed by atoms with Crippen LogP contribution in [0.4, 0.5) is 5.00 Å². The summed E-state index contributed by atoms with van der Waals surface area (Å²) < 4.78 is 2.72. The van der Waals surface area contributed by atoms with Gasteiger partial charge in [-0.2, -0.15) is 0 Å². The predicted octanol–water partition coefficient (Wildman–Crippen LogP) is 3.98. The molecule has 2 rings (SSSR count). The number of carbonyl (C=O) groups excluding carboxylic acids is 1. The molecule has 0 unspecified atom stereocenters. The molecule has 21 heavy (non-hydrogen) atoms. The SMILES string of the molecule is CCCn1cc(Br)cc1C(=O)Nc1cc(C)c(C(=O)O)s1. The van der Waals surface area contributed by atoms with Gasteiger partial charge >= 0.3 is 5.97 Å². The van der Waals surface area contributed by atoms with Gasteiger partial charge in [-0.15, -0.1) is 11.3 Å². The molecule has 0 aliphatic rings. The minimum absolute atomic E-state index is 0.243. The van der Waals surface area contributed by atoms with Gasteiger partial charge in [0.25, 0.3) is 5.91 Å². The van der Waals surface area contributed by atoms with Gasteiger partial charge in [0.05, 0.1) is 5.00 Å². The van der Waals surface area contributed by atoms with E-state index in [1.165, 1.54) is 0 Å². The van der Waals surface area contributed by atoms with Crippen LogP contribution in [0.1, 0.15) is 39.1 Å². The number of rotatable bonds is 5. The summed E-state index contributed by atoms with van der Waals surface area (Å²) in [5.74, 6) is -1.22. The van der Waals surface area contributed by atoms with Crippen LogP contribution in [-0.4, -0.2) is 21.6 Å². The first-order valence-electron chi connectivity index (χ1n) is 6.43. The third-order valence-electron chi connectivity index (χ3n) is 2.91. The number of nitrogens with one attached hydrogen (secondary N) is 1. The van der Waals surface area contributed by atoms with E-state index in [2.05, 4.69) is 21.2 Å². The van der Waals surface area contributed by atoms with Gasteiger partial charge in [0.1, 0.15) is 10.6 Å². The van der Waals surface area contributed by atoms with E-state index in [4.69, 9.17) is 5.11 Å². The minimum Gasteiger partial charge on any atom is -0.477 e. The van der Waals surface area contributed by atoms with Crippen LogP contribution in [0.2, 0.25) is 0 Å². The van der Waals surface area contributed by atoms with Gasteiger partial charge in [-0.1, -0.05) is 6.92 Å². The van der Waals surface area contributed by atoms with Gasteiger partial charge in [0, 0.05) is 17.2 Å². The topological polar surface area (TPSA) is 71.3 Å². The zero-order chi connectivity index (χ0) is 15.6. The number of carboxylic acids is 1. The molecule has 0 spiro atoms. The van der Waals surface area contributed by atoms with Crippen LogP contribution < -0.4 is 5.32 Å². The number of aromatic carboxylic acids is 1. The summed E-state index contributed by atoms with van der Waals surface area (Å²) in [6.07, 6.45) is 2.78. The Hall–Kier alpha value is -1.60. The summed E-state index contributed by atoms with van der Waals surface area (Å²) in [6, 6.07) is 3.43. The predicted molar refractivity (Wildman–Crippen MR) is 86.4 cm³/mol. The standard InChI is InChI=1S/C14H15BrN2O3S/c1-3-4-17-7-9(15)6-10(17)13(18)16-11-5-8(2)12(21-11)14(19)20/h5-7H,3-4H2,1-2H3,(H,16,18)(H,19,20). The van der Waals surface area contributed by atoms with Crippen molar-refractivity contribution >= 4 is 44.1 Å². The highest BCUT2D eigenvalue weighted by Crippen LogP contribution is 2.27. The maximum absolute atomic E-state index is 12.3. The second-order valence-electron chi connectivity index (χ2n) is 4.62. The lowest BCUT2D eigenvalue weighted by Crippen LogP contribution is -2.16. The molecule has 0 saturated carbocycles. The number of hydrogen-bond donors (Lipinski definition) is 2. The quantitative estimate of drug-likeness (QED) is 0.835. The van der Waals surface area contributed by atoms with E-state index in [0.717, 1.165) is 28.8 Å². The molecule has 0 bridgehead atoms. The lowest BCUT2D eigenvalue weighted by molar-refractivity contribution is 0.0701. The monoisotopic (exact) mass is 370 g/mol. The summed E-state index contributed by atoms with van der Waals surface area (Å²) >= 11 is 4.43. The molecular weight excluding hydrogens is 356 g/mol. The van der Waals surface area contributed by atoms with Crippen molar-refractivity contribution in [2.75, 3.05) is 5.32 Å². The number of carboxylic acid groups (broad SMARTS) is 1. The van der Waals surface area contributed by atoms with Crippen LogP contribution >= 0.6 is 27.3 Å². The van der Waals surface area contributed by atoms with Crippen LogP contribution in [0.3, 0.4) is 0 Å². The van der Waals surface area contributed by atoms with Crippen LogP contribution in [0, 0.1) is 6.92 Å². The van der Waals surface area contributed by atoms with Gasteiger partial charge in [-0.05, 0) is 47.0 Å². The van der Waals surface area contributed by atoms with E-state index in [1.807, 2.05) is 17.7 Å². The smallest absolute Gasteiger partial charge is 0.346 e. The second-order valence-corrected chi connectivity index (χ2v) is 6.59. The lowest BCUT2D eigenvalue weighted by atomic mass is 10.3. The van der Waals surface area contributed by atoms with Crippen molar-refractivity contribution < 1.29 is 14.7 Å². The van der Waals surface area contributed by atoms with E-state index in [1.54, 1.807) is 19.1 Å². The Bertz CT molecular complexity index is 690. The molecule has 2 aromatic heterocycles. The fourth-order valence-electron chi connectivity index (χ4n) is 2.02. The number of thiophene rings is 1. The number of anilines is 1. The number of carbonyl (C=O) groups is 2. The van der Waals surface area contributed by atoms with Crippen molar-refractivity contribution in [3.63, 3.8) is 0 Å². The van der Waals surface area contributed by atoms with Crippen molar-refractivity contribution in [1.82, 2.24) is 4.57 Å². The number of halogens is 1. The minimum atomic E-state index is -0.977. The first kappa shape index (κ1) is 15.8. The molecule has 112 valence electrons. The molecule has 0 aliphatic heterocycles. The molecule has 0 fully saturated rings. The van der Waals surface area contributed by atoms with Gasteiger partial charge < -0.3 is 15.0 Å². The molecular formula is C14H15BrN2O3S. The highest BCUT2D eigenvalue weighted by molar-refractivity contribution is 9.10. The van der Waals surface area contributed by atoms with E-state index in [0.29, 0.717) is 16.3 Å². The van der Waals surface area contributed by atoms with Crippen molar-refractivity contribution in [2.45, 2.75) is 26.8 Å². The summed E-state index contributed by atoms with van der Waals surface area (Å²) in [5.41, 5.74) is 1.19. The van der Waals surface area contributed by atoms with Crippen molar-refractivity contribution in [3.8, 4) is 0 Å². The van der Waals surface area contributed by atoms with E-state index in [9.17, 15) is 9.59 Å².